The van der Waals surface area contributed by atoms with Gasteiger partial charge in [0.25, 0.3) is 0 Å². The van der Waals surface area contributed by atoms with Crippen molar-refractivity contribution in [3.05, 3.63) is 51.8 Å². The topological polar surface area (TPSA) is 29.9 Å². The minimum absolute atomic E-state index is 0.0493. The Morgan fingerprint density at radius 1 is 1.32 bits per heavy atom. The minimum Gasteiger partial charge on any atom is -0.309 e. The summed E-state index contributed by atoms with van der Waals surface area (Å²) in [5, 5.41) is 8.92. The van der Waals surface area contributed by atoms with Gasteiger partial charge < -0.3 is 5.32 Å². The Kier molecular flexibility index (Phi) is 4.86. The zero-order chi connectivity index (χ0) is 13.8. The first-order valence-corrected chi connectivity index (χ1v) is 7.06. The van der Waals surface area contributed by atoms with E-state index in [1.54, 1.807) is 0 Å². The van der Waals surface area contributed by atoms with Crippen molar-refractivity contribution in [3.63, 3.8) is 0 Å². The van der Waals surface area contributed by atoms with Crippen LogP contribution in [0, 0.1) is 0 Å². The maximum absolute atomic E-state index is 6.27. The molecule has 0 saturated heterocycles. The van der Waals surface area contributed by atoms with Crippen LogP contribution in [0.1, 0.15) is 30.5 Å². The standard InChI is InChI=1S/C14H17Cl2N3/c1-3-7-19-9-10(8-18-19)14(17-2)13-11(15)5-4-6-12(13)16/h4-6,8-9,14,17H,3,7H2,1-2H3. The Bertz CT molecular complexity index is 531. The summed E-state index contributed by atoms with van der Waals surface area (Å²) < 4.78 is 1.93. The number of benzene rings is 1. The van der Waals surface area contributed by atoms with Gasteiger partial charge in [-0.25, -0.2) is 0 Å². The first-order valence-electron chi connectivity index (χ1n) is 6.31. The van der Waals surface area contributed by atoms with Crippen molar-refractivity contribution >= 4 is 23.2 Å². The molecule has 0 bridgehead atoms. The molecule has 3 nitrogen and oxygen atoms in total. The molecule has 0 aliphatic rings. The highest BCUT2D eigenvalue weighted by Gasteiger charge is 2.19. The second-order valence-electron chi connectivity index (χ2n) is 4.39. The van der Waals surface area contributed by atoms with Crippen LogP contribution in [0.2, 0.25) is 10.0 Å². The molecule has 0 fully saturated rings. The number of aromatic nitrogens is 2. The lowest BCUT2D eigenvalue weighted by Gasteiger charge is -2.18. The third kappa shape index (κ3) is 3.11. The van der Waals surface area contributed by atoms with Gasteiger partial charge in [0.1, 0.15) is 0 Å². The van der Waals surface area contributed by atoms with E-state index in [9.17, 15) is 0 Å². The van der Waals surface area contributed by atoms with Crippen LogP contribution in [0.4, 0.5) is 0 Å². The first-order chi connectivity index (χ1) is 9.17. The number of aryl methyl sites for hydroxylation is 1. The molecule has 0 amide bonds. The second kappa shape index (κ2) is 6.42. The largest absolute Gasteiger partial charge is 0.309 e. The predicted octanol–water partition coefficient (Wildman–Crippen LogP) is 3.91. The minimum atomic E-state index is -0.0493. The van der Waals surface area contributed by atoms with Gasteiger partial charge in [0.15, 0.2) is 0 Å². The smallest absolute Gasteiger partial charge is 0.0635 e. The number of nitrogens with zero attached hydrogens (tertiary/aromatic N) is 2. The van der Waals surface area contributed by atoms with Gasteiger partial charge in [-0.2, -0.15) is 5.10 Å². The van der Waals surface area contributed by atoms with Gasteiger partial charge in [-0.15, -0.1) is 0 Å². The van der Waals surface area contributed by atoms with E-state index in [2.05, 4.69) is 17.3 Å². The van der Waals surface area contributed by atoms with E-state index in [0.29, 0.717) is 10.0 Å². The fraction of sp³-hybridized carbons (Fsp3) is 0.357. The highest BCUT2D eigenvalue weighted by Crippen LogP contribution is 2.33. The van der Waals surface area contributed by atoms with Crippen LogP contribution in [-0.2, 0) is 6.54 Å². The van der Waals surface area contributed by atoms with Crippen LogP contribution in [0.3, 0.4) is 0 Å². The molecular weight excluding hydrogens is 281 g/mol. The average molecular weight is 298 g/mol. The Morgan fingerprint density at radius 3 is 2.58 bits per heavy atom. The molecule has 1 heterocycles. The molecule has 0 radical (unpaired) electrons. The fourth-order valence-corrected chi connectivity index (χ4v) is 2.76. The summed E-state index contributed by atoms with van der Waals surface area (Å²) in [5.41, 5.74) is 1.95. The van der Waals surface area contributed by atoms with E-state index in [0.717, 1.165) is 24.1 Å². The van der Waals surface area contributed by atoms with Gasteiger partial charge >= 0.3 is 0 Å². The summed E-state index contributed by atoms with van der Waals surface area (Å²) in [6, 6.07) is 5.50. The van der Waals surface area contributed by atoms with E-state index in [1.807, 2.05) is 42.3 Å². The van der Waals surface area contributed by atoms with E-state index < -0.39 is 0 Å². The third-order valence-electron chi connectivity index (χ3n) is 3.02. The van der Waals surface area contributed by atoms with Crippen molar-refractivity contribution in [1.82, 2.24) is 15.1 Å². The summed E-state index contributed by atoms with van der Waals surface area (Å²) >= 11 is 12.5. The molecule has 0 aliphatic carbocycles. The van der Waals surface area contributed by atoms with Crippen molar-refractivity contribution < 1.29 is 0 Å². The summed E-state index contributed by atoms with van der Waals surface area (Å²) in [4.78, 5) is 0. The van der Waals surface area contributed by atoms with Gasteiger partial charge in [0.2, 0.25) is 0 Å². The number of halogens is 2. The second-order valence-corrected chi connectivity index (χ2v) is 5.21. The van der Waals surface area contributed by atoms with Crippen molar-refractivity contribution in [1.29, 1.82) is 0 Å². The first kappa shape index (κ1) is 14.4. The summed E-state index contributed by atoms with van der Waals surface area (Å²) in [7, 11) is 1.89. The highest BCUT2D eigenvalue weighted by molar-refractivity contribution is 6.36. The predicted molar refractivity (Wildman–Crippen MR) is 79.9 cm³/mol. The number of rotatable bonds is 5. The van der Waals surface area contributed by atoms with Gasteiger partial charge in [-0.05, 0) is 25.6 Å². The van der Waals surface area contributed by atoms with Crippen molar-refractivity contribution in [3.8, 4) is 0 Å². The molecule has 0 saturated carbocycles. The van der Waals surface area contributed by atoms with Gasteiger partial charge in [-0.1, -0.05) is 36.2 Å². The molecule has 19 heavy (non-hydrogen) atoms. The van der Waals surface area contributed by atoms with Crippen molar-refractivity contribution in [2.45, 2.75) is 25.9 Å². The molecule has 1 aromatic carbocycles. The Balaban J connectivity index is 2.38. The van der Waals surface area contributed by atoms with Crippen molar-refractivity contribution in [2.75, 3.05) is 7.05 Å². The molecule has 2 rings (SSSR count). The summed E-state index contributed by atoms with van der Waals surface area (Å²) in [6.45, 7) is 3.04. The fourth-order valence-electron chi connectivity index (χ4n) is 2.14. The lowest BCUT2D eigenvalue weighted by Crippen LogP contribution is -2.18. The normalized spacial score (nSPS) is 12.6. The maximum atomic E-state index is 6.27. The van der Waals surface area contributed by atoms with E-state index in [1.165, 1.54) is 0 Å². The lowest BCUT2D eigenvalue weighted by atomic mass is 10.0. The maximum Gasteiger partial charge on any atom is 0.0635 e. The van der Waals surface area contributed by atoms with Crippen LogP contribution in [0.25, 0.3) is 0 Å². The van der Waals surface area contributed by atoms with E-state index in [4.69, 9.17) is 23.2 Å². The molecule has 1 N–H and O–H groups in total. The molecular formula is C14H17Cl2N3. The molecule has 1 unspecified atom stereocenters. The van der Waals surface area contributed by atoms with Crippen LogP contribution in [-0.4, -0.2) is 16.8 Å². The summed E-state index contributed by atoms with van der Waals surface area (Å²) in [6.07, 6.45) is 4.94. The van der Waals surface area contributed by atoms with E-state index >= 15 is 0 Å². The van der Waals surface area contributed by atoms with Gasteiger partial charge in [0, 0.05) is 33.9 Å². The van der Waals surface area contributed by atoms with Crippen LogP contribution in [0.5, 0.6) is 0 Å². The molecule has 1 atom stereocenters. The van der Waals surface area contributed by atoms with Crippen LogP contribution >= 0.6 is 23.2 Å². The van der Waals surface area contributed by atoms with Gasteiger partial charge in [-0.3, -0.25) is 4.68 Å². The zero-order valence-electron chi connectivity index (χ0n) is 11.0. The quantitative estimate of drug-likeness (QED) is 0.907. The summed E-state index contributed by atoms with van der Waals surface area (Å²) in [5.74, 6) is 0. The molecule has 0 aliphatic heterocycles. The van der Waals surface area contributed by atoms with Crippen LogP contribution in [0.15, 0.2) is 30.6 Å². The molecule has 0 spiro atoms. The molecule has 102 valence electrons. The highest BCUT2D eigenvalue weighted by atomic mass is 35.5. The van der Waals surface area contributed by atoms with Crippen molar-refractivity contribution in [2.24, 2.45) is 0 Å². The Labute approximate surface area is 123 Å². The molecule has 2 aromatic rings. The SMILES string of the molecule is CCCn1cc(C(NC)c2c(Cl)cccc2Cl)cn1. The third-order valence-corrected chi connectivity index (χ3v) is 3.68. The number of hydrogen-bond acceptors (Lipinski definition) is 2. The molecule has 1 aromatic heterocycles. The number of hydrogen-bond donors (Lipinski definition) is 1. The zero-order valence-corrected chi connectivity index (χ0v) is 12.5. The van der Waals surface area contributed by atoms with Gasteiger partial charge in [0.05, 0.1) is 12.2 Å². The van der Waals surface area contributed by atoms with E-state index in [-0.39, 0.29) is 6.04 Å². The Morgan fingerprint density at radius 2 is 2.00 bits per heavy atom. The Hall–Kier alpha value is -1.03. The average Bonchev–Trinajstić information content (AvgIpc) is 2.83. The monoisotopic (exact) mass is 297 g/mol. The molecule has 5 heteroatoms. The number of nitrogens with one attached hydrogen (secondary N) is 1. The van der Waals surface area contributed by atoms with Crippen LogP contribution < -0.4 is 5.32 Å². The lowest BCUT2D eigenvalue weighted by molar-refractivity contribution is 0.600.